The van der Waals surface area contributed by atoms with Crippen molar-refractivity contribution in [2.75, 3.05) is 13.1 Å². The Kier molecular flexibility index (Phi) is 7.88. The van der Waals surface area contributed by atoms with E-state index in [0.29, 0.717) is 37.4 Å². The Morgan fingerprint density at radius 3 is 2.71 bits per heavy atom. The van der Waals surface area contributed by atoms with Crippen molar-refractivity contribution in [2.24, 2.45) is 11.7 Å². The molecule has 0 aromatic heterocycles. The zero-order valence-electron chi connectivity index (χ0n) is 16.3. The molecule has 0 radical (unpaired) electrons. The predicted molar refractivity (Wildman–Crippen MR) is 101 cm³/mol. The summed E-state index contributed by atoms with van der Waals surface area (Å²) in [6.45, 7) is 5.17. The monoisotopic (exact) mass is 399 g/mol. The van der Waals surface area contributed by atoms with Crippen LogP contribution in [0.5, 0.6) is 0 Å². The van der Waals surface area contributed by atoms with Gasteiger partial charge >= 0.3 is 6.18 Å². The van der Waals surface area contributed by atoms with Crippen molar-refractivity contribution in [3.05, 3.63) is 47.2 Å². The molecule has 5 nitrogen and oxygen atoms in total. The maximum Gasteiger partial charge on any atom is 0.416 e. The average molecular weight is 399 g/mol. The summed E-state index contributed by atoms with van der Waals surface area (Å²) in [5.41, 5.74) is 9.31. The lowest BCUT2D eigenvalue weighted by atomic mass is 10.0. The van der Waals surface area contributed by atoms with Gasteiger partial charge in [-0.15, -0.1) is 0 Å². The molecule has 0 aliphatic carbocycles. The van der Waals surface area contributed by atoms with Crippen LogP contribution in [0.4, 0.5) is 13.2 Å². The van der Waals surface area contributed by atoms with Gasteiger partial charge in [0.15, 0.2) is 0 Å². The van der Waals surface area contributed by atoms with Crippen LogP contribution in [0.15, 0.2) is 36.0 Å². The number of rotatable bonds is 8. The van der Waals surface area contributed by atoms with E-state index in [4.69, 9.17) is 10.6 Å². The molecule has 0 bridgehead atoms. The number of hydrogen-bond acceptors (Lipinski definition) is 4. The number of halogens is 3. The van der Waals surface area contributed by atoms with E-state index in [1.165, 1.54) is 6.07 Å². The van der Waals surface area contributed by atoms with Gasteiger partial charge in [0.2, 0.25) is 5.91 Å². The molecular weight excluding hydrogens is 371 g/mol. The molecule has 156 valence electrons. The van der Waals surface area contributed by atoms with Crippen LogP contribution in [-0.4, -0.2) is 29.9 Å². The Balaban J connectivity index is 1.76. The minimum atomic E-state index is -4.37. The normalized spacial score (nSPS) is 16.1. The van der Waals surface area contributed by atoms with Crippen molar-refractivity contribution in [2.45, 2.75) is 51.9 Å². The quantitative estimate of drug-likeness (QED) is 0.656. The molecule has 1 aliphatic rings. The van der Waals surface area contributed by atoms with Crippen molar-refractivity contribution < 1.29 is 22.8 Å². The summed E-state index contributed by atoms with van der Waals surface area (Å²) in [5, 5.41) is 0. The number of carbonyl (C=O) groups excluding carboxylic acids is 1. The van der Waals surface area contributed by atoms with E-state index in [0.717, 1.165) is 24.3 Å². The summed E-state index contributed by atoms with van der Waals surface area (Å²) in [7, 11) is 0. The smallest absolute Gasteiger partial charge is 0.338 e. The lowest BCUT2D eigenvalue weighted by molar-refractivity contribution is -0.137. The maximum atomic E-state index is 12.7. The van der Waals surface area contributed by atoms with Gasteiger partial charge < -0.3 is 10.6 Å². The first-order valence-electron chi connectivity index (χ1n) is 9.41. The maximum absolute atomic E-state index is 12.7. The molecule has 1 aromatic rings. The van der Waals surface area contributed by atoms with Crippen LogP contribution in [-0.2, 0) is 22.4 Å². The molecule has 2 rings (SSSR count). The molecule has 1 amide bonds. The van der Waals surface area contributed by atoms with Crippen molar-refractivity contribution in [3.63, 3.8) is 0 Å². The van der Waals surface area contributed by atoms with E-state index >= 15 is 0 Å². The molecule has 1 atom stereocenters. The molecule has 3 N–H and O–H groups in total. The molecule has 8 heteroatoms. The van der Waals surface area contributed by atoms with E-state index in [2.05, 4.69) is 19.3 Å². The third kappa shape index (κ3) is 7.16. The fourth-order valence-corrected chi connectivity index (χ4v) is 3.08. The fraction of sp³-hybridized carbons (Fsp3) is 0.550. The molecule has 1 aliphatic heterocycles. The molecular formula is C20H28F3N3O2. The first kappa shape index (κ1) is 22.2. The topological polar surface area (TPSA) is 67.6 Å². The average Bonchev–Trinajstić information content (AvgIpc) is 2.61. The van der Waals surface area contributed by atoms with E-state index in [9.17, 15) is 18.0 Å². The van der Waals surface area contributed by atoms with E-state index in [1.807, 2.05) is 6.08 Å². The van der Waals surface area contributed by atoms with Crippen LogP contribution >= 0.6 is 0 Å². The second kappa shape index (κ2) is 9.93. The van der Waals surface area contributed by atoms with Gasteiger partial charge in [-0.2, -0.15) is 13.2 Å². The first-order valence-corrected chi connectivity index (χ1v) is 9.41. The largest absolute Gasteiger partial charge is 0.416 e. The summed E-state index contributed by atoms with van der Waals surface area (Å²) < 4.78 is 38.2. The van der Waals surface area contributed by atoms with Crippen molar-refractivity contribution in [3.8, 4) is 0 Å². The van der Waals surface area contributed by atoms with E-state index in [-0.39, 0.29) is 18.6 Å². The minimum absolute atomic E-state index is 0.00790. The second-order valence-electron chi connectivity index (χ2n) is 7.50. The number of benzene rings is 1. The van der Waals surface area contributed by atoms with Gasteiger partial charge in [-0.05, 0) is 36.1 Å². The highest BCUT2D eigenvalue weighted by atomic mass is 19.4. The number of alkyl halides is 3. The highest BCUT2D eigenvalue weighted by Gasteiger charge is 2.30. The van der Waals surface area contributed by atoms with Crippen LogP contribution in [0.1, 0.15) is 44.2 Å². The van der Waals surface area contributed by atoms with Crippen LogP contribution in [0.25, 0.3) is 0 Å². The third-order valence-corrected chi connectivity index (χ3v) is 4.47. The molecule has 1 aromatic carbocycles. The number of hydrogen-bond donors (Lipinski definition) is 2. The van der Waals surface area contributed by atoms with Gasteiger partial charge in [0.1, 0.15) is 0 Å². The van der Waals surface area contributed by atoms with Crippen molar-refractivity contribution >= 4 is 5.91 Å². The molecule has 0 spiro atoms. The number of nitrogens with one attached hydrogen (secondary N) is 1. The van der Waals surface area contributed by atoms with Crippen LogP contribution in [0.3, 0.4) is 0 Å². The molecule has 0 saturated carbocycles. The van der Waals surface area contributed by atoms with Crippen molar-refractivity contribution in [1.82, 2.24) is 10.4 Å². The van der Waals surface area contributed by atoms with Gasteiger partial charge in [0.05, 0.1) is 12.2 Å². The zero-order valence-corrected chi connectivity index (χ0v) is 16.3. The zero-order chi connectivity index (χ0) is 20.7. The molecule has 0 fully saturated rings. The Hall–Kier alpha value is -2.06. The Morgan fingerprint density at radius 2 is 2.11 bits per heavy atom. The summed E-state index contributed by atoms with van der Waals surface area (Å²) in [6, 6.07) is 4.89. The van der Waals surface area contributed by atoms with Gasteiger partial charge in [-0.25, -0.2) is 0 Å². The summed E-state index contributed by atoms with van der Waals surface area (Å²) >= 11 is 0. The van der Waals surface area contributed by atoms with Crippen LogP contribution < -0.4 is 11.2 Å². The molecule has 0 unspecified atom stereocenters. The van der Waals surface area contributed by atoms with Gasteiger partial charge in [-0.3, -0.25) is 15.1 Å². The van der Waals surface area contributed by atoms with E-state index < -0.39 is 11.7 Å². The second-order valence-corrected chi connectivity index (χ2v) is 7.50. The fourth-order valence-electron chi connectivity index (χ4n) is 3.08. The number of carbonyl (C=O) groups is 1. The van der Waals surface area contributed by atoms with Crippen LogP contribution in [0, 0.1) is 5.92 Å². The van der Waals surface area contributed by atoms with Crippen molar-refractivity contribution in [1.29, 1.82) is 0 Å². The third-order valence-electron chi connectivity index (χ3n) is 4.47. The lowest BCUT2D eigenvalue weighted by Gasteiger charge is -2.28. The summed E-state index contributed by atoms with van der Waals surface area (Å²) in [5.74, 6) is 0.488. The Bertz CT molecular complexity index is 690. The summed E-state index contributed by atoms with van der Waals surface area (Å²) in [6.07, 6.45) is -0.787. The Labute approximate surface area is 163 Å². The molecule has 1 heterocycles. The number of nitrogens with two attached hydrogens (primary N) is 1. The summed E-state index contributed by atoms with van der Waals surface area (Å²) in [4.78, 5) is 19.4. The number of hydroxylamine groups is 1. The van der Waals surface area contributed by atoms with Gasteiger partial charge in [0, 0.05) is 37.7 Å². The lowest BCUT2D eigenvalue weighted by Crippen LogP contribution is -2.40. The Morgan fingerprint density at radius 1 is 1.36 bits per heavy atom. The first-order chi connectivity index (χ1) is 13.1. The van der Waals surface area contributed by atoms with Gasteiger partial charge in [0.25, 0.3) is 0 Å². The molecule has 28 heavy (non-hydrogen) atoms. The highest BCUT2D eigenvalue weighted by Crippen LogP contribution is 2.29. The minimum Gasteiger partial charge on any atom is -0.338 e. The molecule has 0 saturated heterocycles. The highest BCUT2D eigenvalue weighted by molar-refractivity contribution is 5.77. The predicted octanol–water partition coefficient (Wildman–Crippen LogP) is 3.61. The number of nitrogens with zero attached hydrogens (tertiary/aromatic N) is 1. The standard InChI is InChI=1S/C20H28F3N3O2/c1-14(2)10-17(24)12-19(27)26-8-6-18(7-9-26)25-28-13-15-4-3-5-16(11-15)20(21,22)23/h3-6,11,14,17,25H,7-10,12-13,24H2,1-2H3/t17-/m0/s1. The number of amides is 1. The van der Waals surface area contributed by atoms with E-state index in [1.54, 1.807) is 11.0 Å². The SMILES string of the molecule is CC(C)C[C@H](N)CC(=O)N1CC=C(NOCc2cccc(C(F)(F)F)c2)CC1. The van der Waals surface area contributed by atoms with Gasteiger partial charge in [-0.1, -0.05) is 26.0 Å². The van der Waals surface area contributed by atoms with Crippen LogP contribution in [0.2, 0.25) is 0 Å².